The second kappa shape index (κ2) is 54.5. The highest BCUT2D eigenvalue weighted by atomic mass is 16.8. The summed E-state index contributed by atoms with van der Waals surface area (Å²) in [5.74, 6) is -0.299. The van der Waals surface area contributed by atoms with Crippen LogP contribution >= 0.6 is 0 Å². The molecule has 0 bridgehead atoms. The summed E-state index contributed by atoms with van der Waals surface area (Å²) in [6.45, 7) is 1.58. The van der Waals surface area contributed by atoms with Crippen LogP contribution in [0.15, 0.2) is 109 Å². The Morgan fingerprint density at radius 1 is 0.398 bits per heavy atom. The van der Waals surface area contributed by atoms with Gasteiger partial charge in [0, 0.05) is 6.42 Å². The van der Waals surface area contributed by atoms with Crippen molar-refractivity contribution in [3.8, 4) is 0 Å². The molecule has 1 amide bonds. The van der Waals surface area contributed by atoms with E-state index in [1.807, 2.05) is 6.08 Å². The Morgan fingerprint density at radius 2 is 0.753 bits per heavy atom. The zero-order chi connectivity index (χ0) is 67.5. The van der Waals surface area contributed by atoms with E-state index < -0.39 is 124 Å². The van der Waals surface area contributed by atoms with Crippen LogP contribution in [0.4, 0.5) is 0 Å². The maximum absolute atomic E-state index is 13.4. The van der Waals surface area contributed by atoms with Crippen molar-refractivity contribution in [1.29, 1.82) is 0 Å². The van der Waals surface area contributed by atoms with Crippen LogP contribution in [0.3, 0.4) is 0 Å². The first-order valence-corrected chi connectivity index (χ1v) is 35.6. The molecule has 3 saturated heterocycles. The Hall–Kier alpha value is -3.55. The molecule has 3 rings (SSSR count). The molecule has 17 unspecified atom stereocenters. The number of carbonyl (C=O) groups is 1. The summed E-state index contributed by atoms with van der Waals surface area (Å²) in [5.41, 5.74) is 0. The average molecular weight is 1320 g/mol. The first-order valence-electron chi connectivity index (χ1n) is 35.6. The number of aliphatic hydroxyl groups is 11. The van der Waals surface area contributed by atoms with Gasteiger partial charge in [0.15, 0.2) is 18.9 Å². The fraction of sp³-hybridized carbons (Fsp3) is 0.743. The normalized spacial score (nSPS) is 28.2. The van der Waals surface area contributed by atoms with Crippen molar-refractivity contribution in [2.45, 2.75) is 324 Å². The topological polar surface area (TPSA) is 307 Å². The minimum absolute atomic E-state index is 0.220. The van der Waals surface area contributed by atoms with Crippen LogP contribution in [0.1, 0.15) is 219 Å². The van der Waals surface area contributed by atoms with Gasteiger partial charge in [-0.25, -0.2) is 0 Å². The van der Waals surface area contributed by atoms with Crippen molar-refractivity contribution in [2.24, 2.45) is 0 Å². The predicted octanol–water partition coefficient (Wildman–Crippen LogP) is 9.83. The molecule has 19 nitrogen and oxygen atoms in total. The third-order valence-corrected chi connectivity index (χ3v) is 17.0. The van der Waals surface area contributed by atoms with E-state index >= 15 is 0 Å². The van der Waals surface area contributed by atoms with Gasteiger partial charge in [-0.1, -0.05) is 226 Å². The predicted molar refractivity (Wildman–Crippen MR) is 364 cm³/mol. The number of rotatable bonds is 53. The lowest BCUT2D eigenvalue weighted by atomic mass is 9.96. The van der Waals surface area contributed by atoms with Crippen molar-refractivity contribution < 1.29 is 89.4 Å². The molecule has 3 aliphatic heterocycles. The third-order valence-electron chi connectivity index (χ3n) is 17.0. The number of hydrogen-bond acceptors (Lipinski definition) is 18. The second-order valence-electron chi connectivity index (χ2n) is 24.9. The van der Waals surface area contributed by atoms with E-state index in [1.165, 1.54) is 89.9 Å². The van der Waals surface area contributed by atoms with Crippen molar-refractivity contribution in [3.05, 3.63) is 109 Å². The summed E-state index contributed by atoms with van der Waals surface area (Å²) in [4.78, 5) is 13.4. The van der Waals surface area contributed by atoms with Gasteiger partial charge in [-0.15, -0.1) is 0 Å². The molecule has 0 aromatic carbocycles. The Labute approximate surface area is 557 Å². The molecule has 93 heavy (non-hydrogen) atoms. The highest BCUT2D eigenvalue weighted by molar-refractivity contribution is 5.76. The number of aliphatic hydroxyl groups excluding tert-OH is 11. The van der Waals surface area contributed by atoms with Gasteiger partial charge in [0.25, 0.3) is 0 Å². The molecule has 0 aromatic rings. The van der Waals surface area contributed by atoms with Crippen LogP contribution in [0.5, 0.6) is 0 Å². The first kappa shape index (κ1) is 83.7. The van der Waals surface area contributed by atoms with E-state index in [4.69, 9.17) is 28.4 Å². The smallest absolute Gasteiger partial charge is 0.220 e. The highest BCUT2D eigenvalue weighted by Crippen LogP contribution is 2.33. The van der Waals surface area contributed by atoms with Crippen molar-refractivity contribution >= 4 is 5.91 Å². The zero-order valence-electron chi connectivity index (χ0n) is 56.4. The number of allylic oxidation sites excluding steroid dienone is 17. The molecule has 534 valence electrons. The van der Waals surface area contributed by atoms with Gasteiger partial charge < -0.3 is 89.9 Å². The lowest BCUT2D eigenvalue weighted by Gasteiger charge is -2.48. The largest absolute Gasteiger partial charge is 0.394 e. The molecule has 12 N–H and O–H groups in total. The number of amides is 1. The van der Waals surface area contributed by atoms with Crippen molar-refractivity contribution in [1.82, 2.24) is 5.32 Å². The van der Waals surface area contributed by atoms with Crippen LogP contribution in [-0.4, -0.2) is 193 Å². The molecule has 19 heteroatoms. The summed E-state index contributed by atoms with van der Waals surface area (Å²) >= 11 is 0. The minimum atomic E-state index is -1.99. The lowest BCUT2D eigenvalue weighted by Crippen LogP contribution is -2.66. The zero-order valence-corrected chi connectivity index (χ0v) is 56.4. The summed E-state index contributed by atoms with van der Waals surface area (Å²) in [7, 11) is 0. The molecule has 3 fully saturated rings. The number of hydrogen-bond donors (Lipinski definition) is 12. The van der Waals surface area contributed by atoms with Gasteiger partial charge in [0.1, 0.15) is 73.2 Å². The van der Waals surface area contributed by atoms with E-state index in [0.717, 1.165) is 96.3 Å². The molecule has 0 radical (unpaired) electrons. The van der Waals surface area contributed by atoms with Crippen LogP contribution in [-0.2, 0) is 33.2 Å². The van der Waals surface area contributed by atoms with Gasteiger partial charge in [-0.3, -0.25) is 4.79 Å². The molecule has 17 atom stereocenters. The highest BCUT2D eigenvalue weighted by Gasteiger charge is 2.53. The van der Waals surface area contributed by atoms with Gasteiger partial charge in [-0.05, 0) is 96.3 Å². The number of nitrogens with one attached hydrogen (secondary N) is 1. The monoisotopic (exact) mass is 1320 g/mol. The fourth-order valence-corrected chi connectivity index (χ4v) is 11.3. The molecule has 3 heterocycles. The molecule has 3 aliphatic rings. The van der Waals surface area contributed by atoms with E-state index in [1.54, 1.807) is 6.08 Å². The summed E-state index contributed by atoms with van der Waals surface area (Å²) < 4.78 is 34.3. The van der Waals surface area contributed by atoms with Crippen LogP contribution in [0, 0.1) is 0 Å². The minimum Gasteiger partial charge on any atom is -0.394 e. The standard InChI is InChI=1S/C74H125NO18/c1-3-5-7-9-11-13-15-17-19-21-23-24-25-26-27-28-29-30-31-32-34-36-38-40-42-44-46-48-50-52-62(80)75-57(58(79)51-49-47-45-43-41-39-37-35-33-22-20-18-16-14-12-10-8-6-4-2)56-88-72-68(86)65(83)70(60(54-77)90-72)93-74-69(87)66(84)71(61(55-78)91-74)92-73-67(85)64(82)63(81)59(53-76)89-73/h5,7,11,13,17,19,23-24,26-27,29-30,33,35,41,43,49,51,57-61,63-74,76-79,81-87H,3-4,6,8-10,12,14-16,18,20-22,25,28,31-32,34,36-40,42,44-48,50,52-56H2,1-2H3,(H,75,80)/b7-5-,13-11-,19-17-,24-23-,27-26-,30-29-,35-33+,43-41+,51-49+. The van der Waals surface area contributed by atoms with E-state index in [2.05, 4.69) is 116 Å². The summed E-state index contributed by atoms with van der Waals surface area (Å²) in [5, 5.41) is 121. The Morgan fingerprint density at radius 3 is 1.20 bits per heavy atom. The maximum Gasteiger partial charge on any atom is 0.220 e. The SMILES string of the molecule is CC/C=C\C/C=C\C/C=C\C/C=C\C/C=C\C/C=C\CCCCCCCCCCCCC(=O)NC(COC1OC(CO)C(OC2OC(CO)C(OC3OC(CO)C(O)C(O)C3O)C(O)C2O)C(O)C1O)C(O)/C=C/CC/C=C/CC/C=C/CCCCCCCCCCC. The molecular weight excluding hydrogens is 1190 g/mol. The maximum atomic E-state index is 13.4. The van der Waals surface area contributed by atoms with E-state index in [0.29, 0.717) is 12.8 Å². The number of unbranched alkanes of at least 4 members (excludes halogenated alkanes) is 21. The third kappa shape index (κ3) is 36.0. The summed E-state index contributed by atoms with van der Waals surface area (Å²) in [6, 6.07) is -1.01. The van der Waals surface area contributed by atoms with Crippen LogP contribution in [0.2, 0.25) is 0 Å². The average Bonchev–Trinajstić information content (AvgIpc) is 1.00. The number of ether oxygens (including phenoxy) is 6. The molecule has 0 spiro atoms. The van der Waals surface area contributed by atoms with Gasteiger partial charge in [0.2, 0.25) is 5.91 Å². The van der Waals surface area contributed by atoms with Gasteiger partial charge in [-0.2, -0.15) is 0 Å². The van der Waals surface area contributed by atoms with E-state index in [-0.39, 0.29) is 18.9 Å². The van der Waals surface area contributed by atoms with Crippen molar-refractivity contribution in [3.63, 3.8) is 0 Å². The van der Waals surface area contributed by atoms with Crippen LogP contribution < -0.4 is 5.32 Å². The molecule has 0 aromatic heterocycles. The van der Waals surface area contributed by atoms with Gasteiger partial charge >= 0.3 is 0 Å². The Bertz CT molecular complexity index is 2110. The molecule has 0 saturated carbocycles. The number of carbonyl (C=O) groups excluding carboxylic acids is 1. The first-order chi connectivity index (χ1) is 45.3. The van der Waals surface area contributed by atoms with Gasteiger partial charge in [0.05, 0.1) is 38.6 Å². The van der Waals surface area contributed by atoms with E-state index in [9.17, 15) is 61.0 Å². The fourth-order valence-electron chi connectivity index (χ4n) is 11.3. The summed E-state index contributed by atoms with van der Waals surface area (Å²) in [6.07, 6.45) is 46.3. The Balaban J connectivity index is 1.43. The lowest BCUT2D eigenvalue weighted by molar-refractivity contribution is -0.379. The quantitative estimate of drug-likeness (QED) is 0.0199. The van der Waals surface area contributed by atoms with Crippen LogP contribution in [0.25, 0.3) is 0 Å². The Kier molecular flexibility index (Phi) is 49.0. The molecule has 0 aliphatic carbocycles. The molecular formula is C74H125NO18. The van der Waals surface area contributed by atoms with Crippen molar-refractivity contribution in [2.75, 3.05) is 26.4 Å². The second-order valence-corrected chi connectivity index (χ2v) is 24.9.